The van der Waals surface area contributed by atoms with Crippen LogP contribution in [0.4, 0.5) is 11.4 Å². The number of rotatable bonds is 4. The number of hydrogen-bond donors (Lipinski definition) is 2. The van der Waals surface area contributed by atoms with Gasteiger partial charge in [-0.15, -0.1) is 0 Å². The molecule has 5 heteroatoms. The number of para-hydroxylation sites is 1. The van der Waals surface area contributed by atoms with Crippen LogP contribution in [0.25, 0.3) is 0 Å². The molecule has 1 heterocycles. The molecule has 4 nitrogen and oxygen atoms in total. The van der Waals surface area contributed by atoms with E-state index in [-0.39, 0.29) is 5.75 Å². The smallest absolute Gasteiger partial charge is 0.233 e. The molecule has 2 aliphatic rings. The van der Waals surface area contributed by atoms with Crippen LogP contribution < -0.4 is 10.0 Å². The number of nitrogens with one attached hydrogen (secondary N) is 2. The van der Waals surface area contributed by atoms with Gasteiger partial charge in [0, 0.05) is 6.54 Å². The third kappa shape index (κ3) is 2.61. The fraction of sp³-hybridized carbons (Fsp3) is 0.538. The van der Waals surface area contributed by atoms with Crippen LogP contribution in [0.1, 0.15) is 24.8 Å². The molecule has 2 N–H and O–H groups in total. The van der Waals surface area contributed by atoms with Crippen LogP contribution in [0.5, 0.6) is 0 Å². The van der Waals surface area contributed by atoms with Gasteiger partial charge in [-0.2, -0.15) is 0 Å². The minimum atomic E-state index is -3.19. The highest BCUT2D eigenvalue weighted by Crippen LogP contribution is 2.33. The van der Waals surface area contributed by atoms with Gasteiger partial charge in [-0.05, 0) is 43.2 Å². The summed E-state index contributed by atoms with van der Waals surface area (Å²) in [5, 5.41) is 3.30. The molecule has 1 aromatic rings. The Hall–Kier alpha value is -1.23. The molecule has 18 heavy (non-hydrogen) atoms. The second kappa shape index (κ2) is 4.46. The molecule has 98 valence electrons. The number of aryl methyl sites for hydroxylation is 1. The highest BCUT2D eigenvalue weighted by molar-refractivity contribution is 7.92. The van der Waals surface area contributed by atoms with E-state index in [1.165, 1.54) is 5.56 Å². The molecule has 0 saturated heterocycles. The summed E-state index contributed by atoms with van der Waals surface area (Å²) in [6, 6.07) is 5.81. The summed E-state index contributed by atoms with van der Waals surface area (Å²) in [6.07, 6.45) is 4.21. The molecule has 1 saturated carbocycles. The van der Waals surface area contributed by atoms with Crippen molar-refractivity contribution in [3.63, 3.8) is 0 Å². The van der Waals surface area contributed by atoms with Gasteiger partial charge in [-0.3, -0.25) is 4.72 Å². The number of hydrogen-bond acceptors (Lipinski definition) is 3. The van der Waals surface area contributed by atoms with Crippen LogP contribution in [0.2, 0.25) is 0 Å². The van der Waals surface area contributed by atoms with Crippen LogP contribution in [-0.2, 0) is 16.4 Å². The first-order valence-electron chi connectivity index (χ1n) is 6.50. The Kier molecular flexibility index (Phi) is 2.93. The monoisotopic (exact) mass is 266 g/mol. The average Bonchev–Trinajstić information content (AvgIpc) is 3.12. The Morgan fingerprint density at radius 1 is 1.33 bits per heavy atom. The zero-order chi connectivity index (χ0) is 12.6. The lowest BCUT2D eigenvalue weighted by Crippen LogP contribution is -2.20. The lowest BCUT2D eigenvalue weighted by Gasteiger charge is -2.21. The number of benzene rings is 1. The second-order valence-corrected chi connectivity index (χ2v) is 6.96. The molecule has 0 bridgehead atoms. The van der Waals surface area contributed by atoms with Gasteiger partial charge in [0.05, 0.1) is 17.1 Å². The number of anilines is 2. The van der Waals surface area contributed by atoms with Crippen molar-refractivity contribution < 1.29 is 8.42 Å². The number of sulfonamides is 1. The standard InChI is InChI=1S/C13H18N2O2S/c16-18(17,9-10-6-7-10)15-12-5-1-3-11-4-2-8-14-13(11)12/h1,3,5,10,14-15H,2,4,6-9H2. The van der Waals surface area contributed by atoms with Gasteiger partial charge in [-0.1, -0.05) is 12.1 Å². The van der Waals surface area contributed by atoms with E-state index in [1.807, 2.05) is 12.1 Å². The van der Waals surface area contributed by atoms with Crippen molar-refractivity contribution in [2.24, 2.45) is 5.92 Å². The topological polar surface area (TPSA) is 58.2 Å². The summed E-state index contributed by atoms with van der Waals surface area (Å²) in [5.74, 6) is 0.631. The van der Waals surface area contributed by atoms with Gasteiger partial charge in [0.25, 0.3) is 0 Å². The maximum Gasteiger partial charge on any atom is 0.233 e. The molecule has 0 atom stereocenters. The highest BCUT2D eigenvalue weighted by atomic mass is 32.2. The van der Waals surface area contributed by atoms with Crippen molar-refractivity contribution in [3.8, 4) is 0 Å². The predicted molar refractivity (Wildman–Crippen MR) is 73.4 cm³/mol. The molecular weight excluding hydrogens is 248 g/mol. The summed E-state index contributed by atoms with van der Waals surface area (Å²) < 4.78 is 26.7. The Balaban J connectivity index is 1.83. The molecular formula is C13H18N2O2S. The lowest BCUT2D eigenvalue weighted by atomic mass is 10.0. The first-order chi connectivity index (χ1) is 8.64. The van der Waals surface area contributed by atoms with Crippen molar-refractivity contribution in [3.05, 3.63) is 23.8 Å². The molecule has 1 aromatic carbocycles. The normalized spacial score (nSPS) is 18.9. The summed E-state index contributed by atoms with van der Waals surface area (Å²) in [6.45, 7) is 0.911. The van der Waals surface area contributed by atoms with Gasteiger partial charge in [0.15, 0.2) is 0 Å². The average molecular weight is 266 g/mol. The molecule has 0 radical (unpaired) electrons. The number of fused-ring (bicyclic) bond motifs is 1. The van der Waals surface area contributed by atoms with Gasteiger partial charge in [0.2, 0.25) is 10.0 Å². The second-order valence-electron chi connectivity index (χ2n) is 5.20. The SMILES string of the molecule is O=S(=O)(CC1CC1)Nc1cccc2c1NCCC2. The first kappa shape index (κ1) is 11.8. The summed E-state index contributed by atoms with van der Waals surface area (Å²) in [7, 11) is -3.19. The summed E-state index contributed by atoms with van der Waals surface area (Å²) in [5.41, 5.74) is 2.86. The highest BCUT2D eigenvalue weighted by Gasteiger charge is 2.28. The van der Waals surface area contributed by atoms with E-state index in [1.54, 1.807) is 0 Å². The maximum absolute atomic E-state index is 12.0. The third-order valence-corrected chi connectivity index (χ3v) is 4.93. The first-order valence-corrected chi connectivity index (χ1v) is 8.15. The largest absolute Gasteiger partial charge is 0.383 e. The Morgan fingerprint density at radius 2 is 2.17 bits per heavy atom. The van der Waals surface area contributed by atoms with E-state index >= 15 is 0 Å². The molecule has 1 aliphatic carbocycles. The van der Waals surface area contributed by atoms with Crippen molar-refractivity contribution in [2.75, 3.05) is 22.3 Å². The van der Waals surface area contributed by atoms with Gasteiger partial charge in [0.1, 0.15) is 0 Å². The van der Waals surface area contributed by atoms with E-state index in [4.69, 9.17) is 0 Å². The van der Waals surface area contributed by atoms with Crippen LogP contribution in [-0.4, -0.2) is 20.7 Å². The van der Waals surface area contributed by atoms with Crippen LogP contribution in [0, 0.1) is 5.92 Å². The minimum Gasteiger partial charge on any atom is -0.383 e. The zero-order valence-corrected chi connectivity index (χ0v) is 11.1. The molecule has 0 aromatic heterocycles. The third-order valence-electron chi connectivity index (χ3n) is 3.49. The fourth-order valence-electron chi connectivity index (χ4n) is 2.40. The van der Waals surface area contributed by atoms with E-state index in [9.17, 15) is 8.42 Å². The quantitative estimate of drug-likeness (QED) is 0.878. The van der Waals surface area contributed by atoms with Crippen molar-refractivity contribution in [1.29, 1.82) is 0 Å². The van der Waals surface area contributed by atoms with Crippen LogP contribution >= 0.6 is 0 Å². The molecule has 0 spiro atoms. The van der Waals surface area contributed by atoms with E-state index in [0.717, 1.165) is 37.9 Å². The van der Waals surface area contributed by atoms with Gasteiger partial charge < -0.3 is 5.32 Å². The molecule has 0 unspecified atom stereocenters. The van der Waals surface area contributed by atoms with Crippen LogP contribution in [0.15, 0.2) is 18.2 Å². The predicted octanol–water partition coefficient (Wildman–Crippen LogP) is 2.20. The van der Waals surface area contributed by atoms with Crippen molar-refractivity contribution in [1.82, 2.24) is 0 Å². The summed E-state index contributed by atoms with van der Waals surface area (Å²) in [4.78, 5) is 0. The Labute approximate surface area is 108 Å². The molecule has 0 amide bonds. The molecule has 3 rings (SSSR count). The zero-order valence-electron chi connectivity index (χ0n) is 10.3. The lowest BCUT2D eigenvalue weighted by molar-refractivity contribution is 0.597. The van der Waals surface area contributed by atoms with Gasteiger partial charge in [-0.25, -0.2) is 8.42 Å². The summed E-state index contributed by atoms with van der Waals surface area (Å²) >= 11 is 0. The van der Waals surface area contributed by atoms with E-state index in [2.05, 4.69) is 16.1 Å². The Morgan fingerprint density at radius 3 is 2.94 bits per heavy atom. The van der Waals surface area contributed by atoms with E-state index in [0.29, 0.717) is 11.6 Å². The van der Waals surface area contributed by atoms with Crippen LogP contribution in [0.3, 0.4) is 0 Å². The molecule has 1 aliphatic heterocycles. The fourth-order valence-corrected chi connectivity index (χ4v) is 3.94. The van der Waals surface area contributed by atoms with Crippen molar-refractivity contribution in [2.45, 2.75) is 25.7 Å². The Bertz CT molecular complexity index is 550. The van der Waals surface area contributed by atoms with Gasteiger partial charge >= 0.3 is 0 Å². The van der Waals surface area contributed by atoms with E-state index < -0.39 is 10.0 Å². The molecule has 1 fully saturated rings. The van der Waals surface area contributed by atoms with Crippen molar-refractivity contribution >= 4 is 21.4 Å². The minimum absolute atomic E-state index is 0.261. The maximum atomic E-state index is 12.0.